The van der Waals surface area contributed by atoms with Crippen LogP contribution in [0.4, 0.5) is 0 Å². The molecule has 0 atom stereocenters. The summed E-state index contributed by atoms with van der Waals surface area (Å²) in [6.45, 7) is 6.15. The number of aryl methyl sites for hydroxylation is 1. The molecule has 4 nitrogen and oxygen atoms in total. The number of H-pyrrole nitrogens is 1. The van der Waals surface area contributed by atoms with Gasteiger partial charge in [0, 0.05) is 24.3 Å². The van der Waals surface area contributed by atoms with Gasteiger partial charge in [0.15, 0.2) is 5.69 Å². The number of amides is 1. The molecule has 1 aromatic rings. The second kappa shape index (κ2) is 8.96. The minimum Gasteiger partial charge on any atom is -0.337 e. The average Bonchev–Trinajstić information content (AvgIpc) is 2.97. The Kier molecular flexibility index (Phi) is 6.94. The van der Waals surface area contributed by atoms with Crippen LogP contribution in [-0.2, 0) is 12.8 Å². The molecule has 0 radical (unpaired) electrons. The van der Waals surface area contributed by atoms with Crippen molar-refractivity contribution in [3.05, 3.63) is 17.0 Å². The lowest BCUT2D eigenvalue weighted by atomic mass is 9.95. The van der Waals surface area contributed by atoms with Crippen LogP contribution in [0.5, 0.6) is 0 Å². The van der Waals surface area contributed by atoms with Crippen molar-refractivity contribution in [2.24, 2.45) is 0 Å². The maximum Gasteiger partial charge on any atom is 0.274 e. The fourth-order valence-electron chi connectivity index (χ4n) is 3.23. The molecule has 0 fully saturated rings. The first-order valence-electron chi connectivity index (χ1n) is 9.13. The van der Waals surface area contributed by atoms with Crippen molar-refractivity contribution in [3.8, 4) is 0 Å². The highest BCUT2D eigenvalue weighted by molar-refractivity contribution is 5.94. The predicted octanol–water partition coefficient (Wildman–Crippen LogP) is 4.11. The van der Waals surface area contributed by atoms with Crippen molar-refractivity contribution in [2.75, 3.05) is 13.1 Å². The Morgan fingerprint density at radius 1 is 1.05 bits per heavy atom. The average molecular weight is 305 g/mol. The molecule has 1 heterocycles. The van der Waals surface area contributed by atoms with Crippen molar-refractivity contribution in [3.63, 3.8) is 0 Å². The van der Waals surface area contributed by atoms with Gasteiger partial charge in [-0.05, 0) is 38.5 Å². The topological polar surface area (TPSA) is 49.0 Å². The summed E-state index contributed by atoms with van der Waals surface area (Å²) < 4.78 is 0. The third-order valence-corrected chi connectivity index (χ3v) is 4.61. The molecule has 1 aromatic heterocycles. The van der Waals surface area contributed by atoms with Crippen LogP contribution in [0, 0.1) is 0 Å². The van der Waals surface area contributed by atoms with Gasteiger partial charge in [-0.15, -0.1) is 0 Å². The third-order valence-electron chi connectivity index (χ3n) is 4.61. The second-order valence-corrected chi connectivity index (χ2v) is 6.44. The number of rotatable bonds is 9. The first-order valence-corrected chi connectivity index (χ1v) is 9.13. The van der Waals surface area contributed by atoms with Crippen LogP contribution in [0.15, 0.2) is 0 Å². The van der Waals surface area contributed by atoms with Crippen molar-refractivity contribution < 1.29 is 4.79 Å². The number of carbonyl (C=O) groups excluding carboxylic acids is 1. The van der Waals surface area contributed by atoms with E-state index in [1.807, 2.05) is 4.90 Å². The summed E-state index contributed by atoms with van der Waals surface area (Å²) in [6, 6.07) is 0. The number of nitrogens with zero attached hydrogens (tertiary/aromatic N) is 2. The molecule has 1 N–H and O–H groups in total. The Morgan fingerprint density at radius 3 is 2.32 bits per heavy atom. The molecule has 124 valence electrons. The number of hydrogen-bond acceptors (Lipinski definition) is 2. The molecule has 1 aliphatic rings. The molecule has 0 unspecified atom stereocenters. The highest BCUT2D eigenvalue weighted by Gasteiger charge is 2.25. The molecule has 22 heavy (non-hydrogen) atoms. The van der Waals surface area contributed by atoms with Crippen LogP contribution in [0.1, 0.15) is 87.0 Å². The Labute approximate surface area is 134 Å². The van der Waals surface area contributed by atoms with Crippen LogP contribution in [0.3, 0.4) is 0 Å². The first kappa shape index (κ1) is 17.0. The molecule has 4 heteroatoms. The maximum absolute atomic E-state index is 12.9. The number of carbonyl (C=O) groups is 1. The van der Waals surface area contributed by atoms with Crippen LogP contribution < -0.4 is 0 Å². The summed E-state index contributed by atoms with van der Waals surface area (Å²) in [5, 5.41) is 7.46. The molecule has 0 saturated heterocycles. The highest BCUT2D eigenvalue weighted by atomic mass is 16.2. The first-order chi connectivity index (χ1) is 10.8. The van der Waals surface area contributed by atoms with E-state index < -0.39 is 0 Å². The zero-order chi connectivity index (χ0) is 15.8. The molecule has 0 spiro atoms. The van der Waals surface area contributed by atoms with E-state index >= 15 is 0 Å². The molecule has 0 aliphatic heterocycles. The van der Waals surface area contributed by atoms with Gasteiger partial charge in [0.25, 0.3) is 5.91 Å². The van der Waals surface area contributed by atoms with Gasteiger partial charge in [-0.3, -0.25) is 9.89 Å². The maximum atomic E-state index is 12.9. The van der Waals surface area contributed by atoms with Gasteiger partial charge < -0.3 is 4.90 Å². The van der Waals surface area contributed by atoms with Crippen LogP contribution in [-0.4, -0.2) is 34.1 Å². The van der Waals surface area contributed by atoms with E-state index in [4.69, 9.17) is 0 Å². The Balaban J connectivity index is 2.04. The fourth-order valence-corrected chi connectivity index (χ4v) is 3.23. The molecule has 0 bridgehead atoms. The predicted molar refractivity (Wildman–Crippen MR) is 90.2 cm³/mol. The highest BCUT2D eigenvalue weighted by Crippen LogP contribution is 2.23. The molecular weight excluding hydrogens is 274 g/mol. The van der Waals surface area contributed by atoms with E-state index in [-0.39, 0.29) is 5.91 Å². The summed E-state index contributed by atoms with van der Waals surface area (Å²) >= 11 is 0. The minimum absolute atomic E-state index is 0.145. The lowest BCUT2D eigenvalue weighted by Crippen LogP contribution is -2.34. The van der Waals surface area contributed by atoms with Gasteiger partial charge in [0.2, 0.25) is 0 Å². The van der Waals surface area contributed by atoms with Gasteiger partial charge in [0.05, 0.1) is 0 Å². The van der Waals surface area contributed by atoms with Crippen molar-refractivity contribution >= 4 is 5.91 Å². The van der Waals surface area contributed by atoms with Crippen LogP contribution in [0.2, 0.25) is 0 Å². The van der Waals surface area contributed by atoms with Gasteiger partial charge in [-0.1, -0.05) is 39.5 Å². The van der Waals surface area contributed by atoms with E-state index in [0.29, 0.717) is 5.69 Å². The Morgan fingerprint density at radius 2 is 1.68 bits per heavy atom. The van der Waals surface area contributed by atoms with Gasteiger partial charge in [-0.25, -0.2) is 0 Å². The molecule has 1 amide bonds. The molecule has 2 rings (SSSR count). The Bertz CT molecular complexity index is 457. The van der Waals surface area contributed by atoms with Crippen molar-refractivity contribution in [1.29, 1.82) is 0 Å². The van der Waals surface area contributed by atoms with Gasteiger partial charge in [-0.2, -0.15) is 5.10 Å². The zero-order valence-corrected chi connectivity index (χ0v) is 14.3. The van der Waals surface area contributed by atoms with Gasteiger partial charge in [0.1, 0.15) is 0 Å². The quantitative estimate of drug-likeness (QED) is 0.698. The largest absolute Gasteiger partial charge is 0.337 e. The van der Waals surface area contributed by atoms with E-state index in [1.54, 1.807) is 0 Å². The van der Waals surface area contributed by atoms with E-state index in [2.05, 4.69) is 24.0 Å². The third kappa shape index (κ3) is 4.34. The molecular formula is C18H31N3O. The second-order valence-electron chi connectivity index (χ2n) is 6.44. The summed E-state index contributed by atoms with van der Waals surface area (Å²) in [7, 11) is 0. The smallest absolute Gasteiger partial charge is 0.274 e. The summed E-state index contributed by atoms with van der Waals surface area (Å²) in [4.78, 5) is 14.9. The number of aromatic amines is 1. The Hall–Kier alpha value is -1.32. The SMILES string of the molecule is CCCCCN(CCCCC)C(=O)c1n[nH]c2c1CCCC2. The van der Waals surface area contributed by atoms with Crippen molar-refractivity contribution in [1.82, 2.24) is 15.1 Å². The summed E-state index contributed by atoms with van der Waals surface area (Å²) in [5.41, 5.74) is 3.08. The van der Waals surface area contributed by atoms with E-state index in [1.165, 1.54) is 49.8 Å². The van der Waals surface area contributed by atoms with Crippen LogP contribution in [0.25, 0.3) is 0 Å². The van der Waals surface area contributed by atoms with Crippen molar-refractivity contribution in [2.45, 2.75) is 78.1 Å². The fraction of sp³-hybridized carbons (Fsp3) is 0.778. The summed E-state index contributed by atoms with van der Waals surface area (Å²) in [6.07, 6.45) is 11.4. The molecule has 1 aliphatic carbocycles. The number of fused-ring (bicyclic) bond motifs is 1. The minimum atomic E-state index is 0.145. The number of aromatic nitrogens is 2. The number of hydrogen-bond donors (Lipinski definition) is 1. The van der Waals surface area contributed by atoms with E-state index in [9.17, 15) is 4.79 Å². The number of unbranched alkanes of at least 4 members (excludes halogenated alkanes) is 4. The van der Waals surface area contributed by atoms with E-state index in [0.717, 1.165) is 38.8 Å². The monoisotopic (exact) mass is 305 g/mol. The lowest BCUT2D eigenvalue weighted by molar-refractivity contribution is 0.0742. The van der Waals surface area contributed by atoms with Gasteiger partial charge >= 0.3 is 0 Å². The van der Waals surface area contributed by atoms with Crippen LogP contribution >= 0.6 is 0 Å². The lowest BCUT2D eigenvalue weighted by Gasteiger charge is -2.23. The summed E-state index contributed by atoms with van der Waals surface area (Å²) in [5.74, 6) is 0.145. The standard InChI is InChI=1S/C18H31N3O/c1-3-5-9-13-21(14-10-6-4-2)18(22)17-15-11-7-8-12-16(15)19-20-17/h3-14H2,1-2H3,(H,19,20). The number of nitrogens with one attached hydrogen (secondary N) is 1. The normalized spacial score (nSPS) is 13.9. The molecule has 0 aromatic carbocycles. The molecule has 0 saturated carbocycles. The zero-order valence-electron chi connectivity index (χ0n) is 14.3.